The zero-order valence-corrected chi connectivity index (χ0v) is 10.5. The topological polar surface area (TPSA) is 101 Å². The number of rotatable bonds is 6. The predicted molar refractivity (Wildman–Crippen MR) is 69.4 cm³/mol. The number of nitrogens with one attached hydrogen (secondary N) is 2. The smallest absolute Gasteiger partial charge is 0.243 e. The van der Waals surface area contributed by atoms with Gasteiger partial charge in [0.2, 0.25) is 17.8 Å². The first kappa shape index (κ1) is 12.8. The Hall–Kier alpha value is -1.67. The average Bonchev–Trinajstić information content (AvgIpc) is 2.92. The van der Waals surface area contributed by atoms with Gasteiger partial charge >= 0.3 is 0 Å². The molecule has 0 radical (unpaired) electrons. The third-order valence-electron chi connectivity index (χ3n) is 2.73. The largest absolute Gasteiger partial charge is 0.383 e. The summed E-state index contributed by atoms with van der Waals surface area (Å²) in [6.07, 6.45) is 2.34. The lowest BCUT2D eigenvalue weighted by Gasteiger charge is -2.16. The molecule has 1 saturated heterocycles. The summed E-state index contributed by atoms with van der Waals surface area (Å²) in [5.41, 5.74) is 2.46. The van der Waals surface area contributed by atoms with Crippen molar-refractivity contribution in [1.82, 2.24) is 15.0 Å². The molecular weight excluding hydrogens is 234 g/mol. The monoisotopic (exact) mass is 253 g/mol. The van der Waals surface area contributed by atoms with Gasteiger partial charge in [0.1, 0.15) is 0 Å². The second-order valence-corrected chi connectivity index (χ2v) is 4.04. The Morgan fingerprint density at radius 1 is 1.22 bits per heavy atom. The SMILES string of the molecule is COCCNc1nc(NN)nc(N2CCCC2)n1. The van der Waals surface area contributed by atoms with E-state index in [-0.39, 0.29) is 0 Å². The van der Waals surface area contributed by atoms with Gasteiger partial charge in [-0.1, -0.05) is 0 Å². The number of methoxy groups -OCH3 is 1. The molecule has 0 saturated carbocycles. The van der Waals surface area contributed by atoms with Crippen molar-refractivity contribution in [3.63, 3.8) is 0 Å². The molecule has 1 aliphatic rings. The molecule has 0 spiro atoms. The van der Waals surface area contributed by atoms with Gasteiger partial charge in [0.25, 0.3) is 0 Å². The van der Waals surface area contributed by atoms with Crippen LogP contribution < -0.4 is 21.5 Å². The van der Waals surface area contributed by atoms with Crippen molar-refractivity contribution < 1.29 is 4.74 Å². The maximum Gasteiger partial charge on any atom is 0.243 e. The van der Waals surface area contributed by atoms with Crippen molar-refractivity contribution in [3.05, 3.63) is 0 Å². The van der Waals surface area contributed by atoms with E-state index in [1.165, 1.54) is 12.8 Å². The van der Waals surface area contributed by atoms with Crippen LogP contribution in [0.2, 0.25) is 0 Å². The molecule has 1 fully saturated rings. The lowest BCUT2D eigenvalue weighted by molar-refractivity contribution is 0.210. The molecule has 1 aromatic rings. The molecule has 100 valence electrons. The molecular formula is C10H19N7O. The van der Waals surface area contributed by atoms with E-state index < -0.39 is 0 Å². The molecule has 18 heavy (non-hydrogen) atoms. The zero-order valence-electron chi connectivity index (χ0n) is 10.5. The van der Waals surface area contributed by atoms with Crippen molar-refractivity contribution in [1.29, 1.82) is 0 Å². The van der Waals surface area contributed by atoms with Gasteiger partial charge in [-0.25, -0.2) is 5.84 Å². The van der Waals surface area contributed by atoms with Gasteiger partial charge in [-0.3, -0.25) is 5.43 Å². The van der Waals surface area contributed by atoms with Gasteiger partial charge < -0.3 is 15.0 Å². The first-order chi connectivity index (χ1) is 8.83. The number of anilines is 3. The third-order valence-corrected chi connectivity index (χ3v) is 2.73. The van der Waals surface area contributed by atoms with Gasteiger partial charge in [0, 0.05) is 26.7 Å². The normalized spacial score (nSPS) is 14.9. The van der Waals surface area contributed by atoms with Crippen LogP contribution in [-0.4, -0.2) is 48.3 Å². The van der Waals surface area contributed by atoms with E-state index in [1.807, 2.05) is 0 Å². The molecule has 1 aromatic heterocycles. The Morgan fingerprint density at radius 2 is 1.94 bits per heavy atom. The highest BCUT2D eigenvalue weighted by atomic mass is 16.5. The molecule has 0 aliphatic carbocycles. The number of nitrogens with zero attached hydrogens (tertiary/aromatic N) is 4. The summed E-state index contributed by atoms with van der Waals surface area (Å²) < 4.78 is 4.97. The molecule has 2 heterocycles. The van der Waals surface area contributed by atoms with Gasteiger partial charge in [-0.15, -0.1) is 0 Å². The summed E-state index contributed by atoms with van der Waals surface area (Å²) in [5.74, 6) is 6.91. The number of hydrazine groups is 1. The molecule has 0 aromatic carbocycles. The first-order valence-electron chi connectivity index (χ1n) is 6.04. The van der Waals surface area contributed by atoms with E-state index in [4.69, 9.17) is 10.6 Å². The van der Waals surface area contributed by atoms with Crippen molar-refractivity contribution in [3.8, 4) is 0 Å². The van der Waals surface area contributed by atoms with Crippen molar-refractivity contribution in [2.24, 2.45) is 5.84 Å². The van der Waals surface area contributed by atoms with Crippen LogP contribution in [0.1, 0.15) is 12.8 Å². The molecule has 1 aliphatic heterocycles. The quantitative estimate of drug-likeness (QED) is 0.364. The second-order valence-electron chi connectivity index (χ2n) is 4.04. The summed E-state index contributed by atoms with van der Waals surface area (Å²) >= 11 is 0. The molecule has 4 N–H and O–H groups in total. The summed E-state index contributed by atoms with van der Waals surface area (Å²) in [7, 11) is 1.65. The van der Waals surface area contributed by atoms with E-state index in [0.717, 1.165) is 13.1 Å². The van der Waals surface area contributed by atoms with E-state index in [2.05, 4.69) is 30.6 Å². The molecule has 8 nitrogen and oxygen atoms in total. The van der Waals surface area contributed by atoms with Crippen LogP contribution in [0.4, 0.5) is 17.8 Å². The minimum Gasteiger partial charge on any atom is -0.383 e. The Kier molecular flexibility index (Phi) is 4.48. The Bertz CT molecular complexity index is 380. The van der Waals surface area contributed by atoms with Gasteiger partial charge in [-0.2, -0.15) is 15.0 Å². The Labute approximate surface area is 106 Å². The molecule has 0 amide bonds. The lowest BCUT2D eigenvalue weighted by atomic mass is 10.4. The third kappa shape index (κ3) is 3.17. The fourth-order valence-corrected chi connectivity index (χ4v) is 1.83. The fourth-order valence-electron chi connectivity index (χ4n) is 1.83. The highest BCUT2D eigenvalue weighted by Crippen LogP contribution is 2.18. The van der Waals surface area contributed by atoms with Crippen molar-refractivity contribution >= 4 is 17.8 Å². The van der Waals surface area contributed by atoms with Crippen molar-refractivity contribution in [2.75, 3.05) is 49.0 Å². The van der Waals surface area contributed by atoms with Gasteiger partial charge in [0.05, 0.1) is 6.61 Å². The summed E-state index contributed by atoms with van der Waals surface area (Å²) in [6, 6.07) is 0. The standard InChI is InChI=1S/C10H19N7O/c1-18-7-4-12-8-13-9(16-11)15-10(14-8)17-5-2-3-6-17/h2-7,11H2,1H3,(H2,12,13,14,15,16). The highest BCUT2D eigenvalue weighted by Gasteiger charge is 2.17. The van der Waals surface area contributed by atoms with E-state index in [0.29, 0.717) is 31.0 Å². The maximum atomic E-state index is 5.37. The number of hydrogen-bond donors (Lipinski definition) is 3. The summed E-state index contributed by atoms with van der Waals surface area (Å²) in [4.78, 5) is 14.9. The minimum absolute atomic E-state index is 0.367. The van der Waals surface area contributed by atoms with Crippen LogP contribution in [0.5, 0.6) is 0 Å². The summed E-state index contributed by atoms with van der Waals surface area (Å²) in [6.45, 7) is 3.19. The first-order valence-corrected chi connectivity index (χ1v) is 6.04. The van der Waals surface area contributed by atoms with Crippen LogP contribution in [0.3, 0.4) is 0 Å². The average molecular weight is 253 g/mol. The minimum atomic E-state index is 0.367. The van der Waals surface area contributed by atoms with E-state index in [9.17, 15) is 0 Å². The number of aromatic nitrogens is 3. The number of nitrogen functional groups attached to an aromatic ring is 1. The Balaban J connectivity index is 2.10. The molecule has 8 heteroatoms. The summed E-state index contributed by atoms with van der Waals surface area (Å²) in [5, 5.41) is 3.07. The molecule has 2 rings (SSSR count). The highest BCUT2D eigenvalue weighted by molar-refractivity contribution is 5.43. The number of ether oxygens (including phenoxy) is 1. The molecule has 0 bridgehead atoms. The van der Waals surface area contributed by atoms with Crippen LogP contribution in [0.15, 0.2) is 0 Å². The predicted octanol–water partition coefficient (Wildman–Crippen LogP) is -0.184. The number of hydrogen-bond acceptors (Lipinski definition) is 8. The number of nitrogens with two attached hydrogens (primary N) is 1. The van der Waals surface area contributed by atoms with E-state index >= 15 is 0 Å². The Morgan fingerprint density at radius 3 is 2.61 bits per heavy atom. The van der Waals surface area contributed by atoms with Crippen LogP contribution in [-0.2, 0) is 4.74 Å². The maximum absolute atomic E-state index is 5.37. The van der Waals surface area contributed by atoms with Crippen LogP contribution >= 0.6 is 0 Å². The van der Waals surface area contributed by atoms with Gasteiger partial charge in [-0.05, 0) is 12.8 Å². The van der Waals surface area contributed by atoms with Crippen LogP contribution in [0.25, 0.3) is 0 Å². The van der Waals surface area contributed by atoms with Crippen LogP contribution in [0, 0.1) is 0 Å². The van der Waals surface area contributed by atoms with Gasteiger partial charge in [0.15, 0.2) is 0 Å². The van der Waals surface area contributed by atoms with Crippen molar-refractivity contribution in [2.45, 2.75) is 12.8 Å². The van der Waals surface area contributed by atoms with E-state index in [1.54, 1.807) is 7.11 Å². The fraction of sp³-hybridized carbons (Fsp3) is 0.700. The zero-order chi connectivity index (χ0) is 12.8. The lowest BCUT2D eigenvalue weighted by Crippen LogP contribution is -2.23. The molecule has 0 unspecified atom stereocenters. The molecule has 0 atom stereocenters. The second kappa shape index (κ2) is 6.31.